The van der Waals surface area contributed by atoms with Gasteiger partial charge in [-0.05, 0) is 24.3 Å². The van der Waals surface area contributed by atoms with E-state index in [1.807, 2.05) is 4.90 Å². The molecule has 0 saturated carbocycles. The highest BCUT2D eigenvalue weighted by atomic mass is 16.6. The molecule has 1 aromatic heterocycles. The van der Waals surface area contributed by atoms with E-state index in [0.29, 0.717) is 13.1 Å². The van der Waals surface area contributed by atoms with Gasteiger partial charge in [0.05, 0.1) is 45.3 Å². The summed E-state index contributed by atoms with van der Waals surface area (Å²) in [7, 11) is 3.68. The average molecular weight is 360 g/mol. The number of methoxy groups -OCH3 is 1. The topological polar surface area (TPSA) is 124 Å². The Kier molecular flexibility index (Phi) is 5.03. The molecule has 138 valence electrons. The predicted molar refractivity (Wildman–Crippen MR) is 98.2 cm³/mol. The van der Waals surface area contributed by atoms with Crippen LogP contribution in [0.15, 0.2) is 24.3 Å². The van der Waals surface area contributed by atoms with Crippen molar-refractivity contribution in [1.29, 1.82) is 0 Å². The number of aromatic nitrogens is 2. The Morgan fingerprint density at radius 2 is 1.92 bits per heavy atom. The standard InChI is InChI=1S/C16H21N7O3/c1-21-7-9-22(10-8-21)15-13(23(24)25)14(17)19-16(20-15)18-11-3-5-12(26-2)6-4-11/h3-6H,7-10H2,1-2H3,(H3,17,18,19,20)/p+1. The van der Waals surface area contributed by atoms with Crippen LogP contribution in [0.25, 0.3) is 0 Å². The Bertz CT molecular complexity index is 789. The fourth-order valence-corrected chi connectivity index (χ4v) is 2.82. The van der Waals surface area contributed by atoms with Crippen LogP contribution in [0.3, 0.4) is 0 Å². The molecule has 0 spiro atoms. The van der Waals surface area contributed by atoms with E-state index in [4.69, 9.17) is 10.5 Å². The van der Waals surface area contributed by atoms with Gasteiger partial charge in [0.15, 0.2) is 0 Å². The Balaban J connectivity index is 1.92. The molecule has 0 atom stereocenters. The maximum absolute atomic E-state index is 11.5. The number of nitrogens with one attached hydrogen (secondary N) is 2. The van der Waals surface area contributed by atoms with Crippen LogP contribution < -0.4 is 25.6 Å². The first-order valence-corrected chi connectivity index (χ1v) is 8.27. The number of nitrogens with two attached hydrogens (primary N) is 1. The summed E-state index contributed by atoms with van der Waals surface area (Å²) < 4.78 is 5.13. The number of hydrogen-bond donors (Lipinski definition) is 3. The van der Waals surface area contributed by atoms with E-state index in [0.717, 1.165) is 24.5 Å². The van der Waals surface area contributed by atoms with E-state index in [2.05, 4.69) is 22.3 Å². The van der Waals surface area contributed by atoms with Gasteiger partial charge in [-0.25, -0.2) is 0 Å². The highest BCUT2D eigenvalue weighted by Crippen LogP contribution is 2.32. The second kappa shape index (κ2) is 7.40. The van der Waals surface area contributed by atoms with Crippen LogP contribution in [0.1, 0.15) is 0 Å². The first-order valence-electron chi connectivity index (χ1n) is 8.27. The van der Waals surface area contributed by atoms with Crippen LogP contribution in [-0.4, -0.2) is 55.2 Å². The Morgan fingerprint density at radius 1 is 1.27 bits per heavy atom. The monoisotopic (exact) mass is 360 g/mol. The molecule has 1 fully saturated rings. The maximum Gasteiger partial charge on any atom is 0.353 e. The number of quaternary nitrogens is 1. The third kappa shape index (κ3) is 3.75. The van der Waals surface area contributed by atoms with Crippen LogP contribution in [0.5, 0.6) is 5.75 Å². The lowest BCUT2D eigenvalue weighted by Crippen LogP contribution is -3.12. The highest BCUT2D eigenvalue weighted by Gasteiger charge is 2.30. The van der Waals surface area contributed by atoms with Crippen molar-refractivity contribution in [3.63, 3.8) is 0 Å². The molecular weight excluding hydrogens is 338 g/mol. The second-order valence-corrected chi connectivity index (χ2v) is 6.16. The lowest BCUT2D eigenvalue weighted by molar-refractivity contribution is -0.880. The van der Waals surface area contributed by atoms with E-state index in [-0.39, 0.29) is 23.3 Å². The molecule has 0 aliphatic carbocycles. The van der Waals surface area contributed by atoms with Gasteiger partial charge in [0, 0.05) is 5.69 Å². The van der Waals surface area contributed by atoms with Crippen molar-refractivity contribution in [3.8, 4) is 5.75 Å². The number of nitro groups is 1. The summed E-state index contributed by atoms with van der Waals surface area (Å²) in [6.45, 7) is 3.10. The molecule has 3 rings (SSSR count). The Labute approximate surface area is 150 Å². The van der Waals surface area contributed by atoms with E-state index in [1.54, 1.807) is 31.4 Å². The van der Waals surface area contributed by atoms with Gasteiger partial charge in [-0.2, -0.15) is 9.97 Å². The molecule has 10 heteroatoms. The Morgan fingerprint density at radius 3 is 2.50 bits per heavy atom. The minimum Gasteiger partial charge on any atom is -0.497 e. The number of piperazine rings is 1. The molecule has 1 aliphatic rings. The van der Waals surface area contributed by atoms with Crippen LogP contribution in [0.4, 0.5) is 29.0 Å². The molecular formula is C16H22N7O3+. The fourth-order valence-electron chi connectivity index (χ4n) is 2.82. The molecule has 2 aromatic rings. The van der Waals surface area contributed by atoms with Crippen molar-refractivity contribution in [2.45, 2.75) is 0 Å². The number of rotatable bonds is 5. The van der Waals surface area contributed by atoms with Crippen LogP contribution >= 0.6 is 0 Å². The number of anilines is 4. The molecule has 0 radical (unpaired) electrons. The summed E-state index contributed by atoms with van der Waals surface area (Å²) in [6, 6.07) is 7.19. The van der Waals surface area contributed by atoms with Gasteiger partial charge < -0.3 is 25.6 Å². The van der Waals surface area contributed by atoms with Gasteiger partial charge in [-0.15, -0.1) is 0 Å². The van der Waals surface area contributed by atoms with Gasteiger partial charge in [0.1, 0.15) is 5.75 Å². The van der Waals surface area contributed by atoms with Gasteiger partial charge in [0.25, 0.3) is 0 Å². The van der Waals surface area contributed by atoms with Crippen molar-refractivity contribution >= 4 is 29.0 Å². The smallest absolute Gasteiger partial charge is 0.353 e. The van der Waals surface area contributed by atoms with Crippen LogP contribution in [-0.2, 0) is 0 Å². The fraction of sp³-hybridized carbons (Fsp3) is 0.375. The number of likely N-dealkylation sites (N-methyl/N-ethyl adjacent to an activating group) is 1. The molecule has 4 N–H and O–H groups in total. The number of benzene rings is 1. The summed E-state index contributed by atoms with van der Waals surface area (Å²) in [5, 5.41) is 14.5. The molecule has 0 unspecified atom stereocenters. The minimum absolute atomic E-state index is 0.151. The summed E-state index contributed by atoms with van der Waals surface area (Å²) in [5.74, 6) is 1.05. The minimum atomic E-state index is -0.521. The molecule has 2 heterocycles. The third-order valence-electron chi connectivity index (χ3n) is 4.34. The lowest BCUT2D eigenvalue weighted by atomic mass is 10.3. The molecule has 1 aromatic carbocycles. The van der Waals surface area contributed by atoms with Crippen molar-refractivity contribution in [1.82, 2.24) is 9.97 Å². The summed E-state index contributed by atoms with van der Waals surface area (Å²) >= 11 is 0. The highest BCUT2D eigenvalue weighted by molar-refractivity contribution is 5.72. The molecule has 0 bridgehead atoms. The molecule has 26 heavy (non-hydrogen) atoms. The summed E-state index contributed by atoms with van der Waals surface area (Å²) in [4.78, 5) is 22.7. The molecule has 10 nitrogen and oxygen atoms in total. The van der Waals surface area contributed by atoms with E-state index >= 15 is 0 Å². The van der Waals surface area contributed by atoms with Crippen molar-refractivity contribution in [2.24, 2.45) is 0 Å². The molecule has 1 aliphatic heterocycles. The third-order valence-corrected chi connectivity index (χ3v) is 4.34. The van der Waals surface area contributed by atoms with E-state index in [1.165, 1.54) is 4.90 Å². The van der Waals surface area contributed by atoms with E-state index in [9.17, 15) is 10.1 Å². The largest absolute Gasteiger partial charge is 0.497 e. The normalized spacial score (nSPS) is 14.9. The zero-order valence-electron chi connectivity index (χ0n) is 14.7. The van der Waals surface area contributed by atoms with Crippen LogP contribution in [0, 0.1) is 10.1 Å². The van der Waals surface area contributed by atoms with Gasteiger partial charge in [0.2, 0.25) is 17.6 Å². The Hall–Kier alpha value is -3.14. The van der Waals surface area contributed by atoms with Crippen molar-refractivity contribution < 1.29 is 14.6 Å². The summed E-state index contributed by atoms with van der Waals surface area (Å²) in [6.07, 6.45) is 0. The zero-order valence-corrected chi connectivity index (χ0v) is 14.7. The SMILES string of the molecule is COc1ccc(Nc2nc(N)c([N+](=O)[O-])c(N3CC[NH+](C)CC3)n2)cc1. The lowest BCUT2D eigenvalue weighted by Gasteiger charge is -2.30. The number of nitrogen functional groups attached to an aromatic ring is 1. The maximum atomic E-state index is 11.5. The number of ether oxygens (including phenoxy) is 1. The molecule has 1 saturated heterocycles. The zero-order chi connectivity index (χ0) is 18.7. The van der Waals surface area contributed by atoms with Crippen molar-refractivity contribution in [2.75, 3.05) is 56.3 Å². The van der Waals surface area contributed by atoms with Crippen molar-refractivity contribution in [3.05, 3.63) is 34.4 Å². The van der Waals surface area contributed by atoms with Gasteiger partial charge in [-0.3, -0.25) is 10.1 Å². The molecule has 0 amide bonds. The summed E-state index contributed by atoms with van der Waals surface area (Å²) in [5.41, 5.74) is 6.36. The average Bonchev–Trinajstić information content (AvgIpc) is 2.62. The second-order valence-electron chi connectivity index (χ2n) is 6.16. The first kappa shape index (κ1) is 17.7. The quantitative estimate of drug-likeness (QED) is 0.505. The number of hydrogen-bond acceptors (Lipinski definition) is 8. The number of nitrogens with zero attached hydrogens (tertiary/aromatic N) is 4. The van der Waals surface area contributed by atoms with Gasteiger partial charge in [-0.1, -0.05) is 0 Å². The van der Waals surface area contributed by atoms with Gasteiger partial charge >= 0.3 is 5.69 Å². The van der Waals surface area contributed by atoms with Crippen LogP contribution in [0.2, 0.25) is 0 Å². The van der Waals surface area contributed by atoms with E-state index < -0.39 is 4.92 Å². The predicted octanol–water partition coefficient (Wildman–Crippen LogP) is 0.0539. The first-order chi connectivity index (χ1) is 12.5.